The maximum absolute atomic E-state index is 8.55. The fourth-order valence-corrected chi connectivity index (χ4v) is 0.398. The van der Waals surface area contributed by atoms with Gasteiger partial charge in [0.1, 0.15) is 6.23 Å². The Balaban J connectivity index is 3.28. The SMILES string of the molecule is N/C=C(\N)CCC(N)O. The monoisotopic (exact) mass is 131 g/mol. The quantitative estimate of drug-likeness (QED) is 0.362. The minimum Gasteiger partial charge on any atom is -0.403 e. The first-order chi connectivity index (χ1) is 4.16. The van der Waals surface area contributed by atoms with E-state index >= 15 is 0 Å². The molecule has 54 valence electrons. The highest BCUT2D eigenvalue weighted by Gasteiger charge is 1.95. The van der Waals surface area contributed by atoms with Gasteiger partial charge < -0.3 is 22.3 Å². The van der Waals surface area contributed by atoms with Gasteiger partial charge in [-0.1, -0.05) is 0 Å². The second-order valence-electron chi connectivity index (χ2n) is 1.85. The first-order valence-electron chi connectivity index (χ1n) is 2.76. The zero-order valence-electron chi connectivity index (χ0n) is 5.25. The van der Waals surface area contributed by atoms with Crippen molar-refractivity contribution in [2.45, 2.75) is 19.1 Å². The van der Waals surface area contributed by atoms with E-state index in [1.54, 1.807) is 0 Å². The second-order valence-corrected chi connectivity index (χ2v) is 1.85. The van der Waals surface area contributed by atoms with Gasteiger partial charge in [0.05, 0.1) is 0 Å². The molecule has 0 aliphatic carbocycles. The van der Waals surface area contributed by atoms with Crippen LogP contribution in [0.5, 0.6) is 0 Å². The molecule has 1 atom stereocenters. The molecule has 0 aliphatic rings. The predicted octanol–water partition coefficient (Wildman–Crippen LogP) is -1.20. The van der Waals surface area contributed by atoms with E-state index < -0.39 is 6.23 Å². The number of nitrogens with two attached hydrogens (primary N) is 3. The summed E-state index contributed by atoms with van der Waals surface area (Å²) in [6.45, 7) is 0. The minimum atomic E-state index is -0.788. The third-order valence-electron chi connectivity index (χ3n) is 0.943. The number of allylic oxidation sites excluding steroid dienone is 1. The van der Waals surface area contributed by atoms with Crippen LogP contribution in [-0.2, 0) is 0 Å². The van der Waals surface area contributed by atoms with Crippen LogP contribution in [0.1, 0.15) is 12.8 Å². The largest absolute Gasteiger partial charge is 0.403 e. The zero-order chi connectivity index (χ0) is 7.28. The van der Waals surface area contributed by atoms with Crippen LogP contribution in [0.25, 0.3) is 0 Å². The maximum atomic E-state index is 8.55. The molecule has 0 spiro atoms. The van der Waals surface area contributed by atoms with Gasteiger partial charge in [-0.2, -0.15) is 0 Å². The highest BCUT2D eigenvalue weighted by atomic mass is 16.3. The molecule has 4 nitrogen and oxygen atoms in total. The first kappa shape index (κ1) is 8.26. The van der Waals surface area contributed by atoms with Crippen molar-refractivity contribution < 1.29 is 5.11 Å². The Morgan fingerprint density at radius 1 is 1.67 bits per heavy atom. The molecule has 0 bridgehead atoms. The van der Waals surface area contributed by atoms with Gasteiger partial charge in [-0.25, -0.2) is 0 Å². The minimum absolute atomic E-state index is 0.458. The fraction of sp³-hybridized carbons (Fsp3) is 0.600. The molecular formula is C5H13N3O. The smallest absolute Gasteiger partial charge is 0.102 e. The lowest BCUT2D eigenvalue weighted by atomic mass is 10.2. The molecule has 0 saturated carbocycles. The molecule has 0 amide bonds. The number of aliphatic hydroxyl groups is 1. The molecular weight excluding hydrogens is 118 g/mol. The zero-order valence-corrected chi connectivity index (χ0v) is 5.25. The summed E-state index contributed by atoms with van der Waals surface area (Å²) in [5.74, 6) is 0. The lowest BCUT2D eigenvalue weighted by molar-refractivity contribution is 0.172. The summed E-state index contributed by atoms with van der Waals surface area (Å²) in [7, 11) is 0. The van der Waals surface area contributed by atoms with Crippen LogP contribution >= 0.6 is 0 Å². The van der Waals surface area contributed by atoms with E-state index in [0.717, 1.165) is 0 Å². The molecule has 0 aliphatic heterocycles. The molecule has 0 aromatic carbocycles. The van der Waals surface area contributed by atoms with Gasteiger partial charge in [0.25, 0.3) is 0 Å². The van der Waals surface area contributed by atoms with Crippen molar-refractivity contribution in [2.75, 3.05) is 0 Å². The van der Waals surface area contributed by atoms with Crippen LogP contribution in [0.4, 0.5) is 0 Å². The van der Waals surface area contributed by atoms with E-state index in [1.807, 2.05) is 0 Å². The van der Waals surface area contributed by atoms with E-state index in [9.17, 15) is 0 Å². The molecule has 0 radical (unpaired) electrons. The molecule has 0 rings (SSSR count). The average molecular weight is 131 g/mol. The standard InChI is InChI=1S/C5H13N3O/c6-3-4(7)1-2-5(8)9/h3,5,9H,1-2,6-8H2/b4-3-. The first-order valence-corrected chi connectivity index (χ1v) is 2.76. The molecule has 1 unspecified atom stereocenters. The predicted molar refractivity (Wildman–Crippen MR) is 35.9 cm³/mol. The molecule has 0 heterocycles. The van der Waals surface area contributed by atoms with Crippen LogP contribution in [0, 0.1) is 0 Å². The Bertz CT molecular complexity index is 100. The van der Waals surface area contributed by atoms with Crippen LogP contribution in [0.15, 0.2) is 11.9 Å². The normalized spacial score (nSPS) is 15.6. The van der Waals surface area contributed by atoms with Crippen molar-refractivity contribution in [2.24, 2.45) is 17.2 Å². The van der Waals surface area contributed by atoms with Gasteiger partial charge >= 0.3 is 0 Å². The van der Waals surface area contributed by atoms with Crippen LogP contribution in [-0.4, -0.2) is 11.3 Å². The highest BCUT2D eigenvalue weighted by molar-refractivity contribution is 4.92. The summed E-state index contributed by atoms with van der Waals surface area (Å²) in [6, 6.07) is 0. The Hall–Kier alpha value is -0.740. The number of hydrogen-bond acceptors (Lipinski definition) is 4. The topological polar surface area (TPSA) is 98.3 Å². The van der Waals surface area contributed by atoms with Crippen molar-refractivity contribution in [1.29, 1.82) is 0 Å². The Kier molecular flexibility index (Phi) is 3.83. The van der Waals surface area contributed by atoms with Crippen molar-refractivity contribution >= 4 is 0 Å². The van der Waals surface area contributed by atoms with E-state index in [1.165, 1.54) is 6.20 Å². The van der Waals surface area contributed by atoms with Gasteiger partial charge in [-0.15, -0.1) is 0 Å². The summed E-state index contributed by atoms with van der Waals surface area (Å²) in [4.78, 5) is 0. The van der Waals surface area contributed by atoms with E-state index in [-0.39, 0.29) is 0 Å². The summed E-state index contributed by atoms with van der Waals surface area (Å²) in [5.41, 5.74) is 15.9. The molecule has 0 aromatic rings. The summed E-state index contributed by atoms with van der Waals surface area (Å²) >= 11 is 0. The van der Waals surface area contributed by atoms with Crippen LogP contribution in [0.3, 0.4) is 0 Å². The average Bonchev–Trinajstić information content (AvgIpc) is 1.83. The summed E-state index contributed by atoms with van der Waals surface area (Å²) in [6.07, 6.45) is 1.53. The summed E-state index contributed by atoms with van der Waals surface area (Å²) in [5, 5.41) is 8.55. The number of hydrogen-bond donors (Lipinski definition) is 4. The van der Waals surface area contributed by atoms with Crippen molar-refractivity contribution in [1.82, 2.24) is 0 Å². The van der Waals surface area contributed by atoms with Gasteiger partial charge in [0.15, 0.2) is 0 Å². The summed E-state index contributed by atoms with van der Waals surface area (Å²) < 4.78 is 0. The van der Waals surface area contributed by atoms with Gasteiger partial charge in [-0.3, -0.25) is 0 Å². The van der Waals surface area contributed by atoms with E-state index in [4.69, 9.17) is 22.3 Å². The highest BCUT2D eigenvalue weighted by Crippen LogP contribution is 1.96. The Labute approximate surface area is 54.3 Å². The molecule has 7 N–H and O–H groups in total. The lowest BCUT2D eigenvalue weighted by Gasteiger charge is -2.02. The third-order valence-corrected chi connectivity index (χ3v) is 0.943. The van der Waals surface area contributed by atoms with E-state index in [0.29, 0.717) is 18.5 Å². The van der Waals surface area contributed by atoms with E-state index in [2.05, 4.69) is 0 Å². The van der Waals surface area contributed by atoms with Gasteiger partial charge in [0, 0.05) is 11.9 Å². The molecule has 9 heavy (non-hydrogen) atoms. The van der Waals surface area contributed by atoms with Crippen LogP contribution < -0.4 is 17.2 Å². The third kappa shape index (κ3) is 5.13. The molecule has 0 saturated heterocycles. The molecule has 0 aromatic heterocycles. The van der Waals surface area contributed by atoms with Crippen molar-refractivity contribution in [3.63, 3.8) is 0 Å². The van der Waals surface area contributed by atoms with Crippen LogP contribution in [0.2, 0.25) is 0 Å². The Morgan fingerprint density at radius 3 is 2.56 bits per heavy atom. The molecule has 0 fully saturated rings. The second kappa shape index (κ2) is 4.17. The van der Waals surface area contributed by atoms with Gasteiger partial charge in [-0.05, 0) is 12.8 Å². The number of rotatable bonds is 3. The number of aliphatic hydroxyl groups excluding tert-OH is 1. The fourth-order valence-electron chi connectivity index (χ4n) is 0.398. The van der Waals surface area contributed by atoms with Crippen molar-refractivity contribution in [3.05, 3.63) is 11.9 Å². The maximum Gasteiger partial charge on any atom is 0.102 e. The van der Waals surface area contributed by atoms with Crippen molar-refractivity contribution in [3.8, 4) is 0 Å². The van der Waals surface area contributed by atoms with Gasteiger partial charge in [0.2, 0.25) is 0 Å². The molecule has 4 heteroatoms. The Morgan fingerprint density at radius 2 is 2.22 bits per heavy atom. The lowest BCUT2D eigenvalue weighted by Crippen LogP contribution is -2.19.